The SMILES string of the molecule is NC(c1cncc(F)c1)C1(c2ccccc2)CC1. The number of nitrogens with two attached hydrogens (primary N) is 1. The lowest BCUT2D eigenvalue weighted by Crippen LogP contribution is -2.26. The molecule has 1 unspecified atom stereocenters. The van der Waals surface area contributed by atoms with Gasteiger partial charge in [-0.2, -0.15) is 0 Å². The summed E-state index contributed by atoms with van der Waals surface area (Å²) in [6, 6.07) is 11.5. The van der Waals surface area contributed by atoms with Crippen molar-refractivity contribution in [1.82, 2.24) is 4.98 Å². The highest BCUT2D eigenvalue weighted by Gasteiger charge is 2.49. The fourth-order valence-electron chi connectivity index (χ4n) is 2.60. The fraction of sp³-hybridized carbons (Fsp3) is 0.267. The molecule has 0 spiro atoms. The van der Waals surface area contributed by atoms with Gasteiger partial charge in [0, 0.05) is 17.7 Å². The van der Waals surface area contributed by atoms with Crippen LogP contribution in [0.25, 0.3) is 0 Å². The van der Waals surface area contributed by atoms with Gasteiger partial charge in [-0.15, -0.1) is 0 Å². The van der Waals surface area contributed by atoms with Crippen LogP contribution in [-0.2, 0) is 5.41 Å². The maximum absolute atomic E-state index is 13.2. The van der Waals surface area contributed by atoms with Crippen LogP contribution >= 0.6 is 0 Å². The van der Waals surface area contributed by atoms with Crippen LogP contribution in [0.5, 0.6) is 0 Å². The Balaban J connectivity index is 1.95. The Labute approximate surface area is 106 Å². The molecule has 1 aliphatic rings. The molecule has 0 saturated heterocycles. The summed E-state index contributed by atoms with van der Waals surface area (Å²) in [6.45, 7) is 0. The van der Waals surface area contributed by atoms with Crippen molar-refractivity contribution in [3.63, 3.8) is 0 Å². The van der Waals surface area contributed by atoms with Crippen molar-refractivity contribution in [3.8, 4) is 0 Å². The number of aromatic nitrogens is 1. The molecule has 1 fully saturated rings. The highest BCUT2D eigenvalue weighted by Crippen LogP contribution is 2.55. The van der Waals surface area contributed by atoms with Crippen molar-refractivity contribution in [2.24, 2.45) is 5.73 Å². The van der Waals surface area contributed by atoms with Crippen molar-refractivity contribution in [2.75, 3.05) is 0 Å². The first kappa shape index (κ1) is 11.4. The molecule has 1 aliphatic carbocycles. The number of halogens is 1. The van der Waals surface area contributed by atoms with Crippen molar-refractivity contribution >= 4 is 0 Å². The molecule has 0 aliphatic heterocycles. The zero-order valence-electron chi connectivity index (χ0n) is 10.0. The summed E-state index contributed by atoms with van der Waals surface area (Å²) in [5.41, 5.74) is 8.31. The first-order valence-corrected chi connectivity index (χ1v) is 6.14. The zero-order chi connectivity index (χ0) is 12.6. The number of rotatable bonds is 3. The largest absolute Gasteiger partial charge is 0.323 e. The van der Waals surface area contributed by atoms with Crippen LogP contribution < -0.4 is 5.73 Å². The van der Waals surface area contributed by atoms with E-state index in [1.807, 2.05) is 18.2 Å². The van der Waals surface area contributed by atoms with Gasteiger partial charge in [0.1, 0.15) is 5.82 Å². The molecule has 2 nitrogen and oxygen atoms in total. The lowest BCUT2D eigenvalue weighted by Gasteiger charge is -2.24. The van der Waals surface area contributed by atoms with Crippen LogP contribution in [-0.4, -0.2) is 4.98 Å². The molecular weight excluding hydrogens is 227 g/mol. The van der Waals surface area contributed by atoms with E-state index in [0.29, 0.717) is 0 Å². The molecule has 1 aromatic carbocycles. The summed E-state index contributed by atoms with van der Waals surface area (Å²) in [5, 5.41) is 0. The summed E-state index contributed by atoms with van der Waals surface area (Å²) in [4.78, 5) is 3.89. The third-order valence-electron chi connectivity index (χ3n) is 3.82. The molecule has 3 rings (SSSR count). The van der Waals surface area contributed by atoms with Crippen LogP contribution in [0.15, 0.2) is 48.8 Å². The van der Waals surface area contributed by atoms with Gasteiger partial charge >= 0.3 is 0 Å². The summed E-state index contributed by atoms with van der Waals surface area (Å²) in [6.07, 6.45) is 4.97. The van der Waals surface area contributed by atoms with Gasteiger partial charge in [-0.1, -0.05) is 30.3 Å². The van der Waals surface area contributed by atoms with Crippen molar-refractivity contribution in [2.45, 2.75) is 24.3 Å². The van der Waals surface area contributed by atoms with Gasteiger partial charge in [-0.25, -0.2) is 4.39 Å². The second-order valence-corrected chi connectivity index (χ2v) is 4.94. The Hall–Kier alpha value is -1.74. The van der Waals surface area contributed by atoms with Crippen LogP contribution in [0.2, 0.25) is 0 Å². The summed E-state index contributed by atoms with van der Waals surface area (Å²) in [5.74, 6) is -0.327. The van der Waals surface area contributed by atoms with Gasteiger partial charge in [0.25, 0.3) is 0 Å². The second kappa shape index (κ2) is 4.18. The van der Waals surface area contributed by atoms with E-state index in [1.165, 1.54) is 17.8 Å². The molecule has 18 heavy (non-hydrogen) atoms. The Morgan fingerprint density at radius 2 is 1.89 bits per heavy atom. The summed E-state index contributed by atoms with van der Waals surface area (Å²) < 4.78 is 13.2. The summed E-state index contributed by atoms with van der Waals surface area (Å²) >= 11 is 0. The van der Waals surface area contributed by atoms with E-state index in [1.54, 1.807) is 6.20 Å². The molecule has 0 radical (unpaired) electrons. The third-order valence-corrected chi connectivity index (χ3v) is 3.82. The van der Waals surface area contributed by atoms with E-state index in [9.17, 15) is 4.39 Å². The minimum absolute atomic E-state index is 0.0310. The third kappa shape index (κ3) is 1.81. The first-order valence-electron chi connectivity index (χ1n) is 6.14. The molecule has 0 amide bonds. The normalized spacial score (nSPS) is 18.3. The Bertz CT molecular complexity index is 549. The van der Waals surface area contributed by atoms with Gasteiger partial charge < -0.3 is 5.73 Å². The fourth-order valence-corrected chi connectivity index (χ4v) is 2.60. The van der Waals surface area contributed by atoms with E-state index in [4.69, 9.17) is 5.73 Å². The average molecular weight is 242 g/mol. The van der Waals surface area contributed by atoms with Gasteiger partial charge in [0.2, 0.25) is 0 Å². The smallest absolute Gasteiger partial charge is 0.141 e. The van der Waals surface area contributed by atoms with Crippen molar-refractivity contribution in [3.05, 3.63) is 65.7 Å². The molecule has 92 valence electrons. The monoisotopic (exact) mass is 242 g/mol. The van der Waals surface area contributed by atoms with Crippen molar-refractivity contribution in [1.29, 1.82) is 0 Å². The predicted octanol–water partition coefficient (Wildman–Crippen LogP) is 2.95. The van der Waals surface area contributed by atoms with Crippen LogP contribution in [0.1, 0.15) is 30.0 Å². The number of hydrogen-bond donors (Lipinski definition) is 1. The molecule has 1 heterocycles. The maximum atomic E-state index is 13.2. The Morgan fingerprint density at radius 3 is 2.50 bits per heavy atom. The van der Waals surface area contributed by atoms with Crippen LogP contribution in [0.4, 0.5) is 4.39 Å². The minimum atomic E-state index is -0.327. The molecule has 0 bridgehead atoms. The lowest BCUT2D eigenvalue weighted by molar-refractivity contribution is 0.532. The van der Waals surface area contributed by atoms with Crippen molar-refractivity contribution < 1.29 is 4.39 Å². The first-order chi connectivity index (χ1) is 8.72. The number of benzene rings is 1. The topological polar surface area (TPSA) is 38.9 Å². The number of nitrogens with zero attached hydrogens (tertiary/aromatic N) is 1. The van der Waals surface area contributed by atoms with E-state index < -0.39 is 0 Å². The van der Waals surface area contributed by atoms with Gasteiger partial charge in [-0.05, 0) is 30.0 Å². The minimum Gasteiger partial charge on any atom is -0.323 e. The Kier molecular flexibility index (Phi) is 2.63. The van der Waals surface area contributed by atoms with Crippen LogP contribution in [0, 0.1) is 5.82 Å². The van der Waals surface area contributed by atoms with E-state index in [2.05, 4.69) is 17.1 Å². The molecule has 1 atom stereocenters. The van der Waals surface area contributed by atoms with Gasteiger partial charge in [-0.3, -0.25) is 4.98 Å². The molecule has 1 aromatic heterocycles. The zero-order valence-corrected chi connectivity index (χ0v) is 10.0. The van der Waals surface area contributed by atoms with Gasteiger partial charge in [0.15, 0.2) is 0 Å². The average Bonchev–Trinajstić information content (AvgIpc) is 3.20. The maximum Gasteiger partial charge on any atom is 0.141 e. The van der Waals surface area contributed by atoms with E-state index in [0.717, 1.165) is 18.4 Å². The standard InChI is InChI=1S/C15H15FN2/c16-13-8-11(9-18-10-13)14(17)15(6-7-15)12-4-2-1-3-5-12/h1-5,8-10,14H,6-7,17H2. The van der Waals surface area contributed by atoms with Gasteiger partial charge in [0.05, 0.1) is 6.20 Å². The van der Waals surface area contributed by atoms with Crippen LogP contribution in [0.3, 0.4) is 0 Å². The summed E-state index contributed by atoms with van der Waals surface area (Å²) in [7, 11) is 0. The predicted molar refractivity (Wildman–Crippen MR) is 68.5 cm³/mol. The highest BCUT2D eigenvalue weighted by atomic mass is 19.1. The highest BCUT2D eigenvalue weighted by molar-refractivity contribution is 5.37. The molecule has 2 N–H and O–H groups in total. The second-order valence-electron chi connectivity index (χ2n) is 4.94. The quantitative estimate of drug-likeness (QED) is 0.898. The molecule has 3 heteroatoms. The molecule has 1 saturated carbocycles. The van der Waals surface area contributed by atoms with E-state index in [-0.39, 0.29) is 17.3 Å². The number of pyridine rings is 1. The molecular formula is C15H15FN2. The molecule has 2 aromatic rings. The Morgan fingerprint density at radius 1 is 1.17 bits per heavy atom. The lowest BCUT2D eigenvalue weighted by atomic mass is 9.85. The number of hydrogen-bond acceptors (Lipinski definition) is 2. The van der Waals surface area contributed by atoms with E-state index >= 15 is 0 Å².